The number of aromatic nitrogens is 3. The number of nitrogens with zero attached hydrogens (tertiary/aromatic N) is 3. The molecule has 128 valence electrons. The van der Waals surface area contributed by atoms with E-state index in [2.05, 4.69) is 15.4 Å². The van der Waals surface area contributed by atoms with Crippen LogP contribution in [0.5, 0.6) is 5.75 Å². The summed E-state index contributed by atoms with van der Waals surface area (Å²) >= 11 is 0. The molecule has 25 heavy (non-hydrogen) atoms. The molecule has 0 bridgehead atoms. The van der Waals surface area contributed by atoms with Gasteiger partial charge < -0.3 is 10.1 Å². The third-order valence-electron chi connectivity index (χ3n) is 3.32. The normalized spacial score (nSPS) is 11.1. The van der Waals surface area contributed by atoms with Crippen LogP contribution in [0.25, 0.3) is 0 Å². The first-order valence-electron chi connectivity index (χ1n) is 7.17. The largest absolute Gasteiger partial charge is 0.497 e. The highest BCUT2D eigenvalue weighted by atomic mass is 32.2. The summed E-state index contributed by atoms with van der Waals surface area (Å²) in [6.07, 6.45) is 3.97. The number of carbonyl (C=O) groups excluding carboxylic acids is 1. The van der Waals surface area contributed by atoms with Gasteiger partial charge in [0.1, 0.15) is 11.4 Å². The van der Waals surface area contributed by atoms with Crippen molar-refractivity contribution >= 4 is 21.6 Å². The van der Waals surface area contributed by atoms with Crippen LogP contribution in [-0.2, 0) is 10.0 Å². The molecule has 3 aromatic rings. The number of nitrogens with one attached hydrogen (secondary N) is 1. The smallest absolute Gasteiger partial charge is 0.283 e. The summed E-state index contributed by atoms with van der Waals surface area (Å²) in [6, 6.07) is 10.8. The number of anilines is 1. The van der Waals surface area contributed by atoms with E-state index in [9.17, 15) is 13.2 Å². The zero-order valence-electron chi connectivity index (χ0n) is 13.2. The van der Waals surface area contributed by atoms with Gasteiger partial charge in [0.2, 0.25) is 0 Å². The van der Waals surface area contributed by atoms with Gasteiger partial charge in [-0.25, -0.2) is 0 Å². The van der Waals surface area contributed by atoms with Gasteiger partial charge in [-0.15, -0.1) is 0 Å². The first kappa shape index (κ1) is 16.7. The Labute approximate surface area is 144 Å². The summed E-state index contributed by atoms with van der Waals surface area (Å²) < 4.78 is 30.9. The van der Waals surface area contributed by atoms with E-state index in [4.69, 9.17) is 4.74 Å². The maximum atomic E-state index is 12.5. The monoisotopic (exact) mass is 358 g/mol. The maximum Gasteiger partial charge on any atom is 0.283 e. The fourth-order valence-electron chi connectivity index (χ4n) is 2.05. The van der Waals surface area contributed by atoms with Crippen molar-refractivity contribution in [1.29, 1.82) is 0 Å². The molecule has 0 saturated carbocycles. The third-order valence-corrected chi connectivity index (χ3v) is 4.88. The first-order valence-corrected chi connectivity index (χ1v) is 8.61. The summed E-state index contributed by atoms with van der Waals surface area (Å²) in [7, 11) is -2.37. The van der Waals surface area contributed by atoms with E-state index in [1.807, 2.05) is 0 Å². The van der Waals surface area contributed by atoms with Crippen LogP contribution in [0.4, 0.5) is 5.69 Å². The number of carbonyl (C=O) groups is 1. The predicted octanol–water partition coefficient (Wildman–Crippen LogP) is 1.78. The lowest BCUT2D eigenvalue weighted by Crippen LogP contribution is -2.14. The van der Waals surface area contributed by atoms with Crippen molar-refractivity contribution in [1.82, 2.24) is 14.2 Å². The summed E-state index contributed by atoms with van der Waals surface area (Å²) in [5.41, 5.74) is 0.459. The number of hydrogen-bond donors (Lipinski definition) is 1. The molecule has 0 atom stereocenters. The third kappa shape index (κ3) is 3.50. The summed E-state index contributed by atoms with van der Waals surface area (Å²) in [5.74, 6) is 0.0877. The zero-order valence-corrected chi connectivity index (χ0v) is 14.0. The van der Waals surface area contributed by atoms with Crippen LogP contribution < -0.4 is 10.1 Å². The lowest BCUT2D eigenvalue weighted by atomic mass is 10.3. The molecule has 0 fully saturated rings. The minimum atomic E-state index is -3.86. The second-order valence-corrected chi connectivity index (χ2v) is 6.75. The van der Waals surface area contributed by atoms with Gasteiger partial charge in [-0.2, -0.15) is 17.6 Å². The Bertz CT molecular complexity index is 982. The first-order chi connectivity index (χ1) is 12.0. The van der Waals surface area contributed by atoms with E-state index in [1.54, 1.807) is 30.3 Å². The molecule has 0 aliphatic carbocycles. The highest BCUT2D eigenvalue weighted by Crippen LogP contribution is 2.19. The summed E-state index contributed by atoms with van der Waals surface area (Å²) in [6.45, 7) is 0. The van der Waals surface area contributed by atoms with Crippen LogP contribution in [0.1, 0.15) is 10.5 Å². The van der Waals surface area contributed by atoms with Crippen molar-refractivity contribution in [3.05, 3.63) is 66.7 Å². The molecule has 0 aliphatic heterocycles. The number of ether oxygens (including phenoxy) is 1. The molecular formula is C16H14N4O4S. The Kier molecular flexibility index (Phi) is 4.48. The van der Waals surface area contributed by atoms with Crippen LogP contribution >= 0.6 is 0 Å². The molecule has 1 amide bonds. The number of benzene rings is 1. The zero-order chi connectivity index (χ0) is 17.9. The molecule has 0 saturated heterocycles. The summed E-state index contributed by atoms with van der Waals surface area (Å²) in [5, 5.41) is 6.37. The van der Waals surface area contributed by atoms with Gasteiger partial charge in [0, 0.05) is 6.20 Å². The number of methoxy groups -OCH3 is 1. The lowest BCUT2D eigenvalue weighted by Gasteiger charge is -2.05. The lowest BCUT2D eigenvalue weighted by molar-refractivity contribution is 0.102. The molecule has 0 spiro atoms. The van der Waals surface area contributed by atoms with Crippen LogP contribution in [0.2, 0.25) is 0 Å². The molecule has 2 aromatic heterocycles. The average molecular weight is 358 g/mol. The molecular weight excluding hydrogens is 344 g/mol. The highest BCUT2D eigenvalue weighted by Gasteiger charge is 2.19. The van der Waals surface area contributed by atoms with Crippen LogP contribution in [0, 0.1) is 0 Å². The van der Waals surface area contributed by atoms with Crippen molar-refractivity contribution in [2.75, 3.05) is 12.4 Å². The van der Waals surface area contributed by atoms with Crippen LogP contribution in [0.15, 0.2) is 66.0 Å². The van der Waals surface area contributed by atoms with E-state index in [-0.39, 0.29) is 16.3 Å². The fraction of sp³-hybridized carbons (Fsp3) is 0.0625. The quantitative estimate of drug-likeness (QED) is 0.746. The molecule has 0 radical (unpaired) electrons. The second kappa shape index (κ2) is 6.73. The van der Waals surface area contributed by atoms with Gasteiger partial charge in [-0.3, -0.25) is 9.78 Å². The van der Waals surface area contributed by atoms with Gasteiger partial charge in [-0.1, -0.05) is 6.07 Å². The van der Waals surface area contributed by atoms with Crippen molar-refractivity contribution in [2.45, 2.75) is 4.90 Å². The minimum Gasteiger partial charge on any atom is -0.497 e. The Hall–Kier alpha value is -3.20. The molecule has 1 N–H and O–H groups in total. The van der Waals surface area contributed by atoms with E-state index in [0.717, 1.165) is 4.09 Å². The molecule has 0 aliphatic rings. The van der Waals surface area contributed by atoms with Crippen molar-refractivity contribution in [3.63, 3.8) is 0 Å². The molecule has 3 rings (SSSR count). The fourth-order valence-corrected chi connectivity index (χ4v) is 3.17. The van der Waals surface area contributed by atoms with Gasteiger partial charge in [-0.05, 0) is 36.4 Å². The SMILES string of the molecule is COc1ccc(S(=O)(=O)n2cc(NC(=O)c3ccccn3)cn2)cc1. The Balaban J connectivity index is 1.81. The number of amides is 1. The van der Waals surface area contributed by atoms with Crippen LogP contribution in [0.3, 0.4) is 0 Å². The molecule has 2 heterocycles. The standard InChI is InChI=1S/C16H14N4O4S/c1-24-13-5-7-14(8-6-13)25(22,23)20-11-12(10-18-20)19-16(21)15-4-2-3-9-17-15/h2-11H,1H3,(H,19,21). The van der Waals surface area contributed by atoms with Crippen molar-refractivity contribution in [3.8, 4) is 5.75 Å². The second-order valence-electron chi connectivity index (χ2n) is 4.95. The van der Waals surface area contributed by atoms with Crippen molar-refractivity contribution < 1.29 is 17.9 Å². The molecule has 0 unspecified atom stereocenters. The predicted molar refractivity (Wildman–Crippen MR) is 90.0 cm³/mol. The van der Waals surface area contributed by atoms with E-state index >= 15 is 0 Å². The van der Waals surface area contributed by atoms with Gasteiger partial charge >= 0.3 is 0 Å². The minimum absolute atomic E-state index is 0.0546. The average Bonchev–Trinajstić information content (AvgIpc) is 3.12. The van der Waals surface area contributed by atoms with E-state index in [1.165, 1.54) is 37.8 Å². The number of pyridine rings is 1. The van der Waals surface area contributed by atoms with Gasteiger partial charge in [0.25, 0.3) is 15.9 Å². The highest BCUT2D eigenvalue weighted by molar-refractivity contribution is 7.89. The topological polar surface area (TPSA) is 103 Å². The maximum absolute atomic E-state index is 12.5. The van der Waals surface area contributed by atoms with Crippen LogP contribution in [-0.4, -0.2) is 35.6 Å². The molecule has 8 nitrogen and oxygen atoms in total. The van der Waals surface area contributed by atoms with E-state index < -0.39 is 15.9 Å². The molecule has 9 heteroatoms. The molecule has 1 aromatic carbocycles. The van der Waals surface area contributed by atoms with E-state index in [0.29, 0.717) is 5.75 Å². The Morgan fingerprint density at radius 3 is 2.56 bits per heavy atom. The Morgan fingerprint density at radius 2 is 1.92 bits per heavy atom. The summed E-state index contributed by atoms with van der Waals surface area (Å²) in [4.78, 5) is 16.0. The van der Waals surface area contributed by atoms with Crippen molar-refractivity contribution in [2.24, 2.45) is 0 Å². The van der Waals surface area contributed by atoms with Gasteiger partial charge in [0.15, 0.2) is 0 Å². The number of rotatable bonds is 5. The van der Waals surface area contributed by atoms with Gasteiger partial charge in [0.05, 0.1) is 30.1 Å². The number of hydrogen-bond acceptors (Lipinski definition) is 6. The Morgan fingerprint density at radius 1 is 1.16 bits per heavy atom.